The molecule has 0 saturated heterocycles. The highest BCUT2D eigenvalue weighted by molar-refractivity contribution is 6.32. The molecule has 4 rings (SSSR count). The molecule has 2 N–H and O–H groups in total. The van der Waals surface area contributed by atoms with E-state index in [1.54, 1.807) is 26.0 Å². The second-order valence-electron chi connectivity index (χ2n) is 8.54. The number of Topliss-reactive ketones (excluding diaryl/α,β-unsaturated/α-hetero) is 1. The van der Waals surface area contributed by atoms with E-state index < -0.39 is 5.91 Å². The molecule has 0 radical (unpaired) electrons. The van der Waals surface area contributed by atoms with Crippen LogP contribution in [0.25, 0.3) is 0 Å². The van der Waals surface area contributed by atoms with E-state index in [1.807, 2.05) is 0 Å². The van der Waals surface area contributed by atoms with Gasteiger partial charge < -0.3 is 24.5 Å². The van der Waals surface area contributed by atoms with Crippen molar-refractivity contribution in [2.45, 2.75) is 52.2 Å². The Morgan fingerprint density at radius 2 is 1.94 bits per heavy atom. The number of ether oxygens (including phenoxy) is 3. The fraction of sp³-hybridized carbons (Fsp3) is 0.458. The SMILES string of the molecule is COc1cc(C)[nH]c(=O)c1CNC(=O)c1cc(Cl)c2c(c1C)O[C@@H](C1CCC(=O)CC1)CO2. The Morgan fingerprint density at radius 3 is 2.64 bits per heavy atom. The monoisotopic (exact) mass is 474 g/mol. The second-order valence-corrected chi connectivity index (χ2v) is 8.95. The number of ketones is 1. The van der Waals surface area contributed by atoms with Crippen molar-refractivity contribution < 1.29 is 23.8 Å². The summed E-state index contributed by atoms with van der Waals surface area (Å²) in [5.74, 6) is 1.38. The Morgan fingerprint density at radius 1 is 1.21 bits per heavy atom. The van der Waals surface area contributed by atoms with Crippen molar-refractivity contribution in [2.75, 3.05) is 13.7 Å². The van der Waals surface area contributed by atoms with Crippen LogP contribution in [0.5, 0.6) is 17.2 Å². The number of hydrogen-bond donors (Lipinski definition) is 2. The van der Waals surface area contributed by atoms with Crippen LogP contribution in [0.1, 0.15) is 52.9 Å². The summed E-state index contributed by atoms with van der Waals surface area (Å²) >= 11 is 6.42. The number of rotatable bonds is 5. The highest BCUT2D eigenvalue weighted by Gasteiger charge is 2.34. The minimum Gasteiger partial charge on any atom is -0.496 e. The number of aromatic amines is 1. The van der Waals surface area contributed by atoms with Crippen LogP contribution < -0.4 is 25.1 Å². The van der Waals surface area contributed by atoms with Crippen molar-refractivity contribution in [1.29, 1.82) is 0 Å². The molecule has 0 unspecified atom stereocenters. The van der Waals surface area contributed by atoms with E-state index in [0.29, 0.717) is 59.1 Å². The molecule has 1 amide bonds. The molecule has 1 atom stereocenters. The average Bonchev–Trinajstić information content (AvgIpc) is 2.80. The third-order valence-corrected chi connectivity index (χ3v) is 6.61. The van der Waals surface area contributed by atoms with Crippen molar-refractivity contribution in [2.24, 2.45) is 5.92 Å². The number of carbonyl (C=O) groups excluding carboxylic acids is 2. The van der Waals surface area contributed by atoms with Gasteiger partial charge in [-0.2, -0.15) is 0 Å². The van der Waals surface area contributed by atoms with Gasteiger partial charge in [0, 0.05) is 35.6 Å². The van der Waals surface area contributed by atoms with Crippen LogP contribution in [0.15, 0.2) is 16.9 Å². The zero-order valence-electron chi connectivity index (χ0n) is 18.9. The number of benzene rings is 1. The first-order chi connectivity index (χ1) is 15.8. The Kier molecular flexibility index (Phi) is 6.65. The number of amides is 1. The van der Waals surface area contributed by atoms with Crippen LogP contribution in [0.4, 0.5) is 0 Å². The van der Waals surface area contributed by atoms with Crippen LogP contribution in [0, 0.1) is 19.8 Å². The molecule has 0 spiro atoms. The number of methoxy groups -OCH3 is 1. The summed E-state index contributed by atoms with van der Waals surface area (Å²) in [6.07, 6.45) is 2.45. The van der Waals surface area contributed by atoms with Crippen molar-refractivity contribution in [3.05, 3.63) is 49.9 Å². The lowest BCUT2D eigenvalue weighted by Gasteiger charge is -2.35. The van der Waals surface area contributed by atoms with Gasteiger partial charge in [0.05, 0.1) is 24.2 Å². The maximum atomic E-state index is 13.0. The highest BCUT2D eigenvalue weighted by atomic mass is 35.5. The van der Waals surface area contributed by atoms with Crippen LogP contribution in [-0.2, 0) is 11.3 Å². The first-order valence-corrected chi connectivity index (χ1v) is 11.4. The molecule has 0 bridgehead atoms. The zero-order chi connectivity index (χ0) is 23.7. The molecule has 2 aromatic rings. The van der Waals surface area contributed by atoms with Gasteiger partial charge in [-0.3, -0.25) is 14.4 Å². The van der Waals surface area contributed by atoms with Crippen molar-refractivity contribution in [3.63, 3.8) is 0 Å². The van der Waals surface area contributed by atoms with Crippen molar-refractivity contribution in [3.8, 4) is 17.2 Å². The van der Waals surface area contributed by atoms with E-state index in [1.165, 1.54) is 7.11 Å². The van der Waals surface area contributed by atoms with E-state index in [9.17, 15) is 14.4 Å². The number of pyridine rings is 1. The molecule has 176 valence electrons. The van der Waals surface area contributed by atoms with Crippen LogP contribution in [0.2, 0.25) is 5.02 Å². The molecule has 2 aliphatic rings. The molecular formula is C24H27ClN2O6. The molecule has 1 fully saturated rings. The van der Waals surface area contributed by atoms with E-state index in [0.717, 1.165) is 12.8 Å². The lowest BCUT2D eigenvalue weighted by atomic mass is 9.84. The summed E-state index contributed by atoms with van der Waals surface area (Å²) in [4.78, 5) is 39.6. The maximum Gasteiger partial charge on any atom is 0.256 e. The molecule has 1 aliphatic heterocycles. The van der Waals surface area contributed by atoms with Gasteiger partial charge in [0.2, 0.25) is 0 Å². The van der Waals surface area contributed by atoms with Gasteiger partial charge in [-0.1, -0.05) is 11.6 Å². The lowest BCUT2D eigenvalue weighted by Crippen LogP contribution is -2.38. The molecule has 1 aromatic heterocycles. The lowest BCUT2D eigenvalue weighted by molar-refractivity contribution is -0.121. The first kappa shape index (κ1) is 23.2. The Balaban J connectivity index is 1.54. The van der Waals surface area contributed by atoms with Gasteiger partial charge >= 0.3 is 0 Å². The van der Waals surface area contributed by atoms with Gasteiger partial charge in [-0.25, -0.2) is 0 Å². The summed E-state index contributed by atoms with van der Waals surface area (Å²) in [6, 6.07) is 3.25. The quantitative estimate of drug-likeness (QED) is 0.687. The maximum absolute atomic E-state index is 13.0. The summed E-state index contributed by atoms with van der Waals surface area (Å²) < 4.78 is 17.5. The van der Waals surface area contributed by atoms with Gasteiger partial charge in [0.25, 0.3) is 11.5 Å². The average molecular weight is 475 g/mol. The molecule has 33 heavy (non-hydrogen) atoms. The number of fused-ring (bicyclic) bond motifs is 1. The number of nitrogens with one attached hydrogen (secondary N) is 2. The first-order valence-electron chi connectivity index (χ1n) is 11.0. The Bertz CT molecular complexity index is 1150. The third kappa shape index (κ3) is 4.71. The molecule has 2 heterocycles. The minimum atomic E-state index is -0.395. The Labute approximate surface area is 196 Å². The normalized spacial score (nSPS) is 18.2. The van der Waals surface area contributed by atoms with Crippen LogP contribution in [-0.4, -0.2) is 36.5 Å². The standard InChI is InChI=1S/C24H27ClN2O6/c1-12-8-19(31-3)17(24(30)27-12)10-26-23(29)16-9-18(25)22-21(13(16)2)33-20(11-32-22)14-4-6-15(28)7-5-14/h8-9,14,20H,4-7,10-11H2,1-3H3,(H,26,29)(H,27,30)/t20-/m1/s1. The Hall–Kier alpha value is -3.00. The predicted molar refractivity (Wildman–Crippen MR) is 123 cm³/mol. The summed E-state index contributed by atoms with van der Waals surface area (Å²) in [6.45, 7) is 3.87. The van der Waals surface area contributed by atoms with Gasteiger partial charge in [-0.05, 0) is 38.8 Å². The molecule has 8 nitrogen and oxygen atoms in total. The topological polar surface area (TPSA) is 107 Å². The number of H-pyrrole nitrogens is 1. The number of carbonyl (C=O) groups is 2. The third-order valence-electron chi connectivity index (χ3n) is 6.33. The molecule has 1 saturated carbocycles. The van der Waals surface area contributed by atoms with Gasteiger partial charge in [-0.15, -0.1) is 0 Å². The summed E-state index contributed by atoms with van der Waals surface area (Å²) in [5, 5.41) is 3.05. The zero-order valence-corrected chi connectivity index (χ0v) is 19.6. The number of hydrogen-bond acceptors (Lipinski definition) is 6. The predicted octanol–water partition coefficient (Wildman–Crippen LogP) is 3.48. The van der Waals surface area contributed by atoms with E-state index >= 15 is 0 Å². The molecular weight excluding hydrogens is 448 g/mol. The van der Waals surface area contributed by atoms with Gasteiger partial charge in [0.1, 0.15) is 24.2 Å². The van der Waals surface area contributed by atoms with Crippen LogP contribution in [0.3, 0.4) is 0 Å². The van der Waals surface area contributed by atoms with E-state index in [2.05, 4.69) is 10.3 Å². The van der Waals surface area contributed by atoms with E-state index in [4.69, 9.17) is 25.8 Å². The second kappa shape index (κ2) is 9.47. The number of aromatic nitrogens is 1. The largest absolute Gasteiger partial charge is 0.496 e. The van der Waals surface area contributed by atoms with Crippen molar-refractivity contribution >= 4 is 23.3 Å². The van der Waals surface area contributed by atoms with Crippen molar-refractivity contribution in [1.82, 2.24) is 10.3 Å². The fourth-order valence-corrected chi connectivity index (χ4v) is 4.68. The highest BCUT2D eigenvalue weighted by Crippen LogP contribution is 2.44. The number of aryl methyl sites for hydroxylation is 1. The van der Waals surface area contributed by atoms with Crippen LogP contribution >= 0.6 is 11.6 Å². The molecule has 9 heteroatoms. The molecule has 1 aliphatic carbocycles. The summed E-state index contributed by atoms with van der Waals surface area (Å²) in [5.41, 5.74) is 1.61. The molecule has 1 aromatic carbocycles. The number of halogens is 1. The summed E-state index contributed by atoms with van der Waals surface area (Å²) in [7, 11) is 1.48. The minimum absolute atomic E-state index is 0.0121. The fourth-order valence-electron chi connectivity index (χ4n) is 4.43. The van der Waals surface area contributed by atoms with E-state index in [-0.39, 0.29) is 34.9 Å². The smallest absolute Gasteiger partial charge is 0.256 e. The van der Waals surface area contributed by atoms with Gasteiger partial charge in [0.15, 0.2) is 11.5 Å².